The van der Waals surface area contributed by atoms with Crippen LogP contribution in [-0.4, -0.2) is 36.6 Å². The third-order valence-electron chi connectivity index (χ3n) is 3.71. The average molecular weight is 340 g/mol. The minimum absolute atomic E-state index is 0.0756. The normalized spacial score (nSPS) is 21.1. The summed E-state index contributed by atoms with van der Waals surface area (Å²) in [7, 11) is 0. The number of benzene rings is 1. The molecule has 2 atom stereocenters. The molecule has 0 radical (unpaired) electrons. The highest BCUT2D eigenvalue weighted by molar-refractivity contribution is 9.10. The lowest BCUT2D eigenvalue weighted by Crippen LogP contribution is -2.47. The Morgan fingerprint density at radius 1 is 1.35 bits per heavy atom. The first kappa shape index (κ1) is 15.5. The molecule has 1 aliphatic heterocycles. The van der Waals surface area contributed by atoms with Crippen molar-refractivity contribution in [2.75, 3.05) is 19.7 Å². The third kappa shape index (κ3) is 3.61. The van der Waals surface area contributed by atoms with E-state index in [9.17, 15) is 4.79 Å². The smallest absolute Gasteiger partial charge is 0.230 e. The molecule has 0 N–H and O–H groups in total. The van der Waals surface area contributed by atoms with Crippen molar-refractivity contribution < 1.29 is 9.53 Å². The highest BCUT2D eigenvalue weighted by Gasteiger charge is 2.30. The summed E-state index contributed by atoms with van der Waals surface area (Å²) in [6.07, 6.45) is 0.130. The molecule has 20 heavy (non-hydrogen) atoms. The largest absolute Gasteiger partial charge is 0.375 e. The first-order valence-corrected chi connectivity index (χ1v) is 7.94. The van der Waals surface area contributed by atoms with Gasteiger partial charge in [0.1, 0.15) is 0 Å². The number of carbonyl (C=O) groups excluding carboxylic acids is 1. The first-order valence-electron chi connectivity index (χ1n) is 7.15. The van der Waals surface area contributed by atoms with Crippen molar-refractivity contribution in [2.45, 2.75) is 32.8 Å². The molecule has 3 nitrogen and oxygen atoms in total. The van der Waals surface area contributed by atoms with E-state index in [-0.39, 0.29) is 23.8 Å². The van der Waals surface area contributed by atoms with Crippen LogP contribution in [0.1, 0.15) is 32.3 Å². The van der Waals surface area contributed by atoms with E-state index in [1.807, 2.05) is 36.1 Å². The number of carbonyl (C=O) groups is 1. The zero-order chi connectivity index (χ0) is 14.7. The molecule has 1 heterocycles. The molecule has 1 saturated heterocycles. The van der Waals surface area contributed by atoms with Gasteiger partial charge in [-0.05, 0) is 30.5 Å². The van der Waals surface area contributed by atoms with E-state index in [2.05, 4.69) is 29.8 Å². The van der Waals surface area contributed by atoms with Gasteiger partial charge in [0.25, 0.3) is 0 Å². The number of hydrogen-bond acceptors (Lipinski definition) is 2. The summed E-state index contributed by atoms with van der Waals surface area (Å²) in [4.78, 5) is 14.8. The predicted molar refractivity (Wildman–Crippen MR) is 83.7 cm³/mol. The second-order valence-corrected chi connectivity index (χ2v) is 6.65. The summed E-state index contributed by atoms with van der Waals surface area (Å²) in [5.41, 5.74) is 1.09. The van der Waals surface area contributed by atoms with Crippen LogP contribution in [0, 0.1) is 5.92 Å². The van der Waals surface area contributed by atoms with Gasteiger partial charge in [0.2, 0.25) is 5.91 Å². The van der Waals surface area contributed by atoms with Crippen LogP contribution in [-0.2, 0) is 9.53 Å². The number of ether oxygens (including phenoxy) is 1. The van der Waals surface area contributed by atoms with Gasteiger partial charge in [-0.3, -0.25) is 4.79 Å². The molecule has 0 bridgehead atoms. The number of rotatable bonds is 3. The van der Waals surface area contributed by atoms with Gasteiger partial charge in [-0.15, -0.1) is 0 Å². The SMILES string of the molecule is CC1CN(C(=O)C(c2ccc(Br)cc2)C(C)C)CCO1. The Bertz CT molecular complexity index is 458. The summed E-state index contributed by atoms with van der Waals surface area (Å²) in [6, 6.07) is 8.08. The fourth-order valence-electron chi connectivity index (χ4n) is 2.70. The lowest BCUT2D eigenvalue weighted by Gasteiger charge is -2.35. The Hall–Kier alpha value is -0.870. The van der Waals surface area contributed by atoms with Gasteiger partial charge in [-0.25, -0.2) is 0 Å². The Morgan fingerprint density at radius 3 is 2.55 bits per heavy atom. The van der Waals surface area contributed by atoms with Crippen molar-refractivity contribution in [3.05, 3.63) is 34.3 Å². The minimum Gasteiger partial charge on any atom is -0.375 e. The van der Waals surface area contributed by atoms with E-state index in [0.29, 0.717) is 19.7 Å². The number of amides is 1. The van der Waals surface area contributed by atoms with E-state index < -0.39 is 0 Å². The van der Waals surface area contributed by atoms with E-state index in [4.69, 9.17) is 4.74 Å². The molecule has 1 aromatic rings. The molecule has 0 saturated carbocycles. The standard InChI is InChI=1S/C16H22BrNO2/c1-11(2)15(13-4-6-14(17)7-5-13)16(19)18-8-9-20-12(3)10-18/h4-7,11-12,15H,8-10H2,1-3H3. The van der Waals surface area contributed by atoms with Gasteiger partial charge >= 0.3 is 0 Å². The molecule has 2 rings (SSSR count). The number of halogens is 1. The van der Waals surface area contributed by atoms with Crippen LogP contribution >= 0.6 is 15.9 Å². The van der Waals surface area contributed by atoms with Crippen LogP contribution in [0.25, 0.3) is 0 Å². The Balaban J connectivity index is 2.19. The molecule has 0 aliphatic carbocycles. The average Bonchev–Trinajstić information content (AvgIpc) is 2.41. The summed E-state index contributed by atoms with van der Waals surface area (Å²) in [6.45, 7) is 8.26. The van der Waals surface area contributed by atoms with Gasteiger partial charge < -0.3 is 9.64 Å². The monoisotopic (exact) mass is 339 g/mol. The van der Waals surface area contributed by atoms with Crippen molar-refractivity contribution >= 4 is 21.8 Å². The summed E-state index contributed by atoms with van der Waals surface area (Å²) >= 11 is 3.44. The Morgan fingerprint density at radius 2 is 2.00 bits per heavy atom. The van der Waals surface area contributed by atoms with Crippen molar-refractivity contribution in [3.8, 4) is 0 Å². The molecular formula is C16H22BrNO2. The molecule has 1 aliphatic rings. The van der Waals surface area contributed by atoms with E-state index >= 15 is 0 Å². The van der Waals surface area contributed by atoms with Gasteiger partial charge in [-0.1, -0.05) is 41.9 Å². The Labute approximate surface area is 129 Å². The lowest BCUT2D eigenvalue weighted by atomic mass is 9.87. The van der Waals surface area contributed by atoms with Crippen LogP contribution in [0.5, 0.6) is 0 Å². The van der Waals surface area contributed by atoms with Crippen LogP contribution in [0.4, 0.5) is 0 Å². The zero-order valence-electron chi connectivity index (χ0n) is 12.3. The van der Waals surface area contributed by atoms with Gasteiger partial charge in [-0.2, -0.15) is 0 Å². The number of hydrogen-bond donors (Lipinski definition) is 0. The number of morpholine rings is 1. The van der Waals surface area contributed by atoms with Crippen molar-refractivity contribution in [1.29, 1.82) is 0 Å². The molecule has 1 amide bonds. The van der Waals surface area contributed by atoms with Gasteiger partial charge in [0, 0.05) is 17.6 Å². The first-order chi connectivity index (χ1) is 9.49. The van der Waals surface area contributed by atoms with Crippen LogP contribution < -0.4 is 0 Å². The fourth-order valence-corrected chi connectivity index (χ4v) is 2.96. The Kier molecular flexibility index (Phi) is 5.22. The topological polar surface area (TPSA) is 29.5 Å². The second-order valence-electron chi connectivity index (χ2n) is 5.74. The minimum atomic E-state index is -0.0756. The zero-order valence-corrected chi connectivity index (χ0v) is 13.9. The van der Waals surface area contributed by atoms with E-state index in [1.165, 1.54) is 0 Å². The molecule has 110 valence electrons. The maximum Gasteiger partial charge on any atom is 0.230 e. The quantitative estimate of drug-likeness (QED) is 0.844. The predicted octanol–water partition coefficient (Wildman–Crippen LogP) is 3.44. The van der Waals surface area contributed by atoms with E-state index in [0.717, 1.165) is 10.0 Å². The highest BCUT2D eigenvalue weighted by atomic mass is 79.9. The molecule has 1 aromatic carbocycles. The fraction of sp³-hybridized carbons (Fsp3) is 0.562. The molecule has 0 spiro atoms. The summed E-state index contributed by atoms with van der Waals surface area (Å²) < 4.78 is 6.56. The lowest BCUT2D eigenvalue weighted by molar-refractivity contribution is -0.140. The van der Waals surface area contributed by atoms with Crippen molar-refractivity contribution in [1.82, 2.24) is 4.90 Å². The van der Waals surface area contributed by atoms with Crippen LogP contribution in [0.3, 0.4) is 0 Å². The van der Waals surface area contributed by atoms with Gasteiger partial charge in [0.15, 0.2) is 0 Å². The maximum atomic E-state index is 12.8. The molecule has 2 unspecified atom stereocenters. The van der Waals surface area contributed by atoms with Crippen LogP contribution in [0.15, 0.2) is 28.7 Å². The maximum absolute atomic E-state index is 12.8. The molecule has 0 aromatic heterocycles. The summed E-state index contributed by atoms with van der Waals surface area (Å²) in [5, 5.41) is 0. The summed E-state index contributed by atoms with van der Waals surface area (Å²) in [5.74, 6) is 0.424. The van der Waals surface area contributed by atoms with Crippen molar-refractivity contribution in [2.24, 2.45) is 5.92 Å². The highest BCUT2D eigenvalue weighted by Crippen LogP contribution is 2.28. The number of nitrogens with zero attached hydrogens (tertiary/aromatic N) is 1. The molecule has 1 fully saturated rings. The second kappa shape index (κ2) is 6.72. The third-order valence-corrected chi connectivity index (χ3v) is 4.24. The van der Waals surface area contributed by atoms with Gasteiger partial charge in [0.05, 0.1) is 18.6 Å². The molecular weight excluding hydrogens is 318 g/mol. The van der Waals surface area contributed by atoms with Crippen LogP contribution in [0.2, 0.25) is 0 Å². The van der Waals surface area contributed by atoms with E-state index in [1.54, 1.807) is 0 Å². The van der Waals surface area contributed by atoms with Crippen molar-refractivity contribution in [3.63, 3.8) is 0 Å². The molecule has 4 heteroatoms.